The second-order valence-corrected chi connectivity index (χ2v) is 8.51. The van der Waals surface area contributed by atoms with E-state index >= 15 is 0 Å². The van der Waals surface area contributed by atoms with Crippen molar-refractivity contribution in [3.63, 3.8) is 0 Å². The van der Waals surface area contributed by atoms with Crippen LogP contribution in [0.15, 0.2) is 47.6 Å². The second kappa shape index (κ2) is 6.39. The van der Waals surface area contributed by atoms with Gasteiger partial charge >= 0.3 is 0 Å². The van der Waals surface area contributed by atoms with Gasteiger partial charge in [-0.25, -0.2) is 5.01 Å². The number of benzene rings is 2. The van der Waals surface area contributed by atoms with Gasteiger partial charge in [-0.1, -0.05) is 18.2 Å². The van der Waals surface area contributed by atoms with E-state index in [1.54, 1.807) is 4.90 Å². The van der Waals surface area contributed by atoms with E-state index in [2.05, 4.69) is 48.5 Å². The Morgan fingerprint density at radius 1 is 1.00 bits per heavy atom. The van der Waals surface area contributed by atoms with Gasteiger partial charge in [-0.3, -0.25) is 0 Å². The van der Waals surface area contributed by atoms with Crippen molar-refractivity contribution in [1.29, 1.82) is 0 Å². The zero-order valence-electron chi connectivity index (χ0n) is 16.7. The lowest BCUT2D eigenvalue weighted by molar-refractivity contribution is -0.888. The van der Waals surface area contributed by atoms with Crippen LogP contribution in [0.2, 0.25) is 0 Å². The molecule has 1 N–H and O–H groups in total. The first-order valence-corrected chi connectivity index (χ1v) is 10.6. The largest absolute Gasteiger partial charge is 0.486 e. The minimum atomic E-state index is -0.339. The second-order valence-electron chi connectivity index (χ2n) is 8.51. The monoisotopic (exact) mass is 392 g/mol. The molecule has 0 amide bonds. The molecule has 1 atom stereocenters. The Kier molecular flexibility index (Phi) is 3.78. The van der Waals surface area contributed by atoms with Gasteiger partial charge in [-0.15, -0.1) is 0 Å². The number of hydrazone groups is 1. The van der Waals surface area contributed by atoms with Gasteiger partial charge in [-0.05, 0) is 24.3 Å². The summed E-state index contributed by atoms with van der Waals surface area (Å²) in [6.07, 6.45) is 2.85. The molecular formula is C23H26N3O3+. The normalized spacial score (nSPS) is 29.7. The molecule has 2 aromatic rings. The zero-order chi connectivity index (χ0) is 19.4. The maximum atomic E-state index is 6.66. The van der Waals surface area contributed by atoms with Crippen LogP contribution in [-0.2, 0) is 0 Å². The number of nitrogens with zero attached hydrogens (tertiary/aromatic N) is 2. The molecule has 0 unspecified atom stereocenters. The average molecular weight is 392 g/mol. The van der Waals surface area contributed by atoms with Crippen LogP contribution in [0.3, 0.4) is 0 Å². The predicted molar refractivity (Wildman–Crippen MR) is 109 cm³/mol. The molecule has 1 saturated heterocycles. The van der Waals surface area contributed by atoms with Gasteiger partial charge in [-0.2, -0.15) is 5.10 Å². The number of rotatable bonds is 1. The Balaban J connectivity index is 1.40. The Morgan fingerprint density at radius 2 is 1.79 bits per heavy atom. The maximum absolute atomic E-state index is 6.66. The summed E-state index contributed by atoms with van der Waals surface area (Å²) in [5, 5.41) is 7.42. The van der Waals surface area contributed by atoms with Crippen LogP contribution in [0.4, 0.5) is 0 Å². The highest BCUT2D eigenvalue weighted by Gasteiger charge is 2.52. The molecule has 29 heavy (non-hydrogen) atoms. The predicted octanol–water partition coefficient (Wildman–Crippen LogP) is 2.01. The Labute approximate surface area is 170 Å². The Morgan fingerprint density at radius 3 is 2.66 bits per heavy atom. The molecule has 1 fully saturated rings. The third-order valence-electron chi connectivity index (χ3n) is 6.67. The quantitative estimate of drug-likeness (QED) is 0.807. The lowest BCUT2D eigenvalue weighted by Crippen LogP contribution is -3.11. The number of quaternary nitrogens is 1. The summed E-state index contributed by atoms with van der Waals surface area (Å²) in [5.74, 6) is 2.65. The molecule has 6 heteroatoms. The van der Waals surface area contributed by atoms with E-state index in [-0.39, 0.29) is 11.8 Å². The van der Waals surface area contributed by atoms with E-state index in [9.17, 15) is 0 Å². The van der Waals surface area contributed by atoms with Crippen molar-refractivity contribution in [1.82, 2.24) is 5.01 Å². The van der Waals surface area contributed by atoms with Crippen LogP contribution < -0.4 is 19.1 Å². The van der Waals surface area contributed by atoms with E-state index in [0.717, 1.165) is 60.9 Å². The molecule has 2 aromatic carbocycles. The highest BCUT2D eigenvalue weighted by Crippen LogP contribution is 2.49. The third kappa shape index (κ3) is 2.69. The highest BCUT2D eigenvalue weighted by atomic mass is 16.6. The van der Waals surface area contributed by atoms with Crippen molar-refractivity contribution >= 4 is 5.71 Å². The van der Waals surface area contributed by atoms with Crippen LogP contribution in [0.1, 0.15) is 36.4 Å². The van der Waals surface area contributed by atoms with Crippen molar-refractivity contribution in [2.45, 2.75) is 31.0 Å². The van der Waals surface area contributed by atoms with Gasteiger partial charge in [0.1, 0.15) is 19.0 Å². The van der Waals surface area contributed by atoms with Crippen molar-refractivity contribution in [2.24, 2.45) is 5.10 Å². The lowest BCUT2D eigenvalue weighted by atomic mass is 9.91. The van der Waals surface area contributed by atoms with Crippen molar-refractivity contribution < 1.29 is 19.1 Å². The standard InChI is InChI=1S/C23H25N3O3/c1-25-10-8-23(9-11-25)26-19(17-4-2-3-5-20(17)29-23)15-18(24-26)16-6-7-21-22(14-16)28-13-12-27-21/h2-7,14,19H,8-13,15H2,1H3/p+1/t19-/m0/s1. The fourth-order valence-electron chi connectivity index (χ4n) is 5.02. The number of ether oxygens (including phenoxy) is 3. The molecule has 4 heterocycles. The molecule has 1 spiro atoms. The first-order chi connectivity index (χ1) is 14.2. The van der Waals surface area contributed by atoms with Gasteiger partial charge in [0.2, 0.25) is 5.72 Å². The minimum Gasteiger partial charge on any atom is -0.486 e. The van der Waals surface area contributed by atoms with Crippen molar-refractivity contribution in [3.05, 3.63) is 53.6 Å². The number of fused-ring (bicyclic) bond motifs is 5. The summed E-state index contributed by atoms with van der Waals surface area (Å²) >= 11 is 0. The average Bonchev–Trinajstić information content (AvgIpc) is 3.22. The summed E-state index contributed by atoms with van der Waals surface area (Å²) < 4.78 is 18.1. The zero-order valence-corrected chi connectivity index (χ0v) is 16.7. The van der Waals surface area contributed by atoms with Crippen molar-refractivity contribution in [3.8, 4) is 17.2 Å². The first kappa shape index (κ1) is 17.2. The summed E-state index contributed by atoms with van der Waals surface area (Å²) in [6.45, 7) is 3.40. The van der Waals surface area contributed by atoms with Gasteiger partial charge in [0.05, 0.1) is 44.7 Å². The summed E-state index contributed by atoms with van der Waals surface area (Å²) in [5.41, 5.74) is 3.10. The molecule has 6 rings (SSSR count). The molecular weight excluding hydrogens is 366 g/mol. The summed E-state index contributed by atoms with van der Waals surface area (Å²) in [6, 6.07) is 14.9. The molecule has 6 nitrogen and oxygen atoms in total. The van der Waals surface area contributed by atoms with Gasteiger partial charge < -0.3 is 19.1 Å². The van der Waals surface area contributed by atoms with E-state index in [1.807, 2.05) is 6.07 Å². The fourth-order valence-corrected chi connectivity index (χ4v) is 5.02. The summed E-state index contributed by atoms with van der Waals surface area (Å²) in [7, 11) is 2.26. The van der Waals surface area contributed by atoms with Crippen LogP contribution in [0.25, 0.3) is 0 Å². The van der Waals surface area contributed by atoms with E-state index < -0.39 is 0 Å². The SMILES string of the molecule is C[NH+]1CCC2(CC1)Oc1ccccc1[C@@H]1CC(c3ccc4c(c3)OCCO4)=NN12. The molecule has 0 radical (unpaired) electrons. The molecule has 0 aromatic heterocycles. The first-order valence-electron chi connectivity index (χ1n) is 10.6. The van der Waals surface area contributed by atoms with E-state index in [4.69, 9.17) is 19.3 Å². The third-order valence-corrected chi connectivity index (χ3v) is 6.67. The molecule has 0 saturated carbocycles. The van der Waals surface area contributed by atoms with Crippen LogP contribution in [0.5, 0.6) is 17.2 Å². The molecule has 4 aliphatic rings. The Hall–Kier alpha value is -2.73. The smallest absolute Gasteiger partial charge is 0.208 e. The molecule has 150 valence electrons. The fraction of sp³-hybridized carbons (Fsp3) is 0.435. The number of likely N-dealkylation sites (tertiary alicyclic amines) is 1. The van der Waals surface area contributed by atoms with Crippen molar-refractivity contribution in [2.75, 3.05) is 33.4 Å². The lowest BCUT2D eigenvalue weighted by Gasteiger charge is -2.49. The number of para-hydroxylation sites is 1. The summed E-state index contributed by atoms with van der Waals surface area (Å²) in [4.78, 5) is 1.56. The highest BCUT2D eigenvalue weighted by molar-refractivity contribution is 6.02. The minimum absolute atomic E-state index is 0.224. The molecule has 4 aliphatic heterocycles. The Bertz CT molecular complexity index is 981. The molecule has 0 aliphatic carbocycles. The van der Waals surface area contributed by atoms with E-state index in [1.165, 1.54) is 5.56 Å². The van der Waals surface area contributed by atoms with Gasteiger partial charge in [0.15, 0.2) is 11.5 Å². The van der Waals surface area contributed by atoms with Crippen LogP contribution in [0, 0.1) is 0 Å². The number of hydrogen-bond donors (Lipinski definition) is 1. The maximum Gasteiger partial charge on any atom is 0.208 e. The number of piperidine rings is 1. The van der Waals surface area contributed by atoms with E-state index in [0.29, 0.717) is 13.2 Å². The van der Waals surface area contributed by atoms with Crippen LogP contribution in [-0.4, -0.2) is 49.8 Å². The topological polar surface area (TPSA) is 47.7 Å². The van der Waals surface area contributed by atoms with Gasteiger partial charge in [0, 0.05) is 17.5 Å². The number of hydrogen-bond acceptors (Lipinski definition) is 5. The van der Waals surface area contributed by atoms with Gasteiger partial charge in [0.25, 0.3) is 0 Å². The van der Waals surface area contributed by atoms with Crippen LogP contribution >= 0.6 is 0 Å². The molecule has 0 bridgehead atoms. The number of nitrogens with one attached hydrogen (secondary N) is 1.